The molecule has 2 aromatic rings. The summed E-state index contributed by atoms with van der Waals surface area (Å²) >= 11 is 0. The van der Waals surface area contributed by atoms with Crippen LogP contribution in [-0.2, 0) is 0 Å². The summed E-state index contributed by atoms with van der Waals surface area (Å²) in [5, 5.41) is 12.0. The summed E-state index contributed by atoms with van der Waals surface area (Å²) in [6.45, 7) is 2.55. The Kier molecular flexibility index (Phi) is 4.86. The predicted octanol–water partition coefficient (Wildman–Crippen LogP) is 1.13. The molecule has 0 fully saturated rings. The van der Waals surface area contributed by atoms with Crippen LogP contribution in [0.25, 0.3) is 11.2 Å². The molecule has 0 bridgehead atoms. The van der Waals surface area contributed by atoms with Crippen molar-refractivity contribution >= 4 is 29.4 Å². The van der Waals surface area contributed by atoms with E-state index in [1.54, 1.807) is 6.33 Å². The first-order valence-electron chi connectivity index (χ1n) is 4.95. The standard InChI is InChI=1S/C10H13N5O.ClH/c1-7(4-16)2-3-11-9-8-10(13-5-12-8)15-6-14-9;/h2,5-6,16H,3-4H2,1H3,(H2,11,12,13,14,15);1H. The van der Waals surface area contributed by atoms with Crippen molar-refractivity contribution in [2.75, 3.05) is 18.5 Å². The highest BCUT2D eigenvalue weighted by molar-refractivity contribution is 5.85. The van der Waals surface area contributed by atoms with Crippen LogP contribution in [0.1, 0.15) is 6.92 Å². The molecule has 0 atom stereocenters. The van der Waals surface area contributed by atoms with E-state index in [0.717, 1.165) is 11.1 Å². The lowest BCUT2D eigenvalue weighted by Gasteiger charge is -2.03. The van der Waals surface area contributed by atoms with Crippen LogP contribution in [0.15, 0.2) is 24.3 Å². The first-order chi connectivity index (χ1) is 7.81. The molecule has 7 heteroatoms. The van der Waals surface area contributed by atoms with E-state index in [2.05, 4.69) is 25.3 Å². The number of rotatable bonds is 4. The van der Waals surface area contributed by atoms with Gasteiger partial charge in [-0.15, -0.1) is 12.4 Å². The lowest BCUT2D eigenvalue weighted by atomic mass is 10.3. The number of aliphatic hydroxyl groups excluding tert-OH is 1. The molecule has 0 aliphatic carbocycles. The molecule has 0 aliphatic heterocycles. The van der Waals surface area contributed by atoms with Gasteiger partial charge in [0, 0.05) is 6.54 Å². The molecule has 6 nitrogen and oxygen atoms in total. The van der Waals surface area contributed by atoms with Crippen molar-refractivity contribution in [3.8, 4) is 0 Å². The third-order valence-corrected chi connectivity index (χ3v) is 2.19. The monoisotopic (exact) mass is 255 g/mol. The highest BCUT2D eigenvalue weighted by Gasteiger charge is 2.03. The van der Waals surface area contributed by atoms with E-state index in [1.165, 1.54) is 6.33 Å². The molecule has 0 saturated heterocycles. The number of hydrogen-bond acceptors (Lipinski definition) is 5. The van der Waals surface area contributed by atoms with Gasteiger partial charge in [-0.25, -0.2) is 15.0 Å². The number of nitrogens with one attached hydrogen (secondary N) is 2. The second-order valence-corrected chi connectivity index (χ2v) is 3.41. The minimum absolute atomic E-state index is 0. The number of halogens is 1. The molecular weight excluding hydrogens is 242 g/mol. The topological polar surface area (TPSA) is 86.7 Å². The van der Waals surface area contributed by atoms with Crippen molar-refractivity contribution in [2.45, 2.75) is 6.92 Å². The molecule has 0 spiro atoms. The van der Waals surface area contributed by atoms with E-state index < -0.39 is 0 Å². The van der Waals surface area contributed by atoms with E-state index in [1.807, 2.05) is 13.0 Å². The lowest BCUT2D eigenvalue weighted by molar-refractivity contribution is 0.331. The number of aromatic amines is 1. The summed E-state index contributed by atoms with van der Waals surface area (Å²) in [5.41, 5.74) is 2.35. The lowest BCUT2D eigenvalue weighted by Crippen LogP contribution is -2.03. The Hall–Kier alpha value is -1.66. The molecule has 0 radical (unpaired) electrons. The zero-order valence-corrected chi connectivity index (χ0v) is 10.2. The molecule has 0 unspecified atom stereocenters. The molecule has 17 heavy (non-hydrogen) atoms. The number of anilines is 1. The Labute approximate surface area is 105 Å². The molecule has 2 heterocycles. The van der Waals surface area contributed by atoms with Gasteiger partial charge in [0.15, 0.2) is 11.5 Å². The Bertz CT molecular complexity index is 510. The van der Waals surface area contributed by atoms with Crippen LogP contribution in [-0.4, -0.2) is 38.2 Å². The number of aromatic nitrogens is 4. The fourth-order valence-corrected chi connectivity index (χ4v) is 1.29. The molecule has 0 aliphatic rings. The smallest absolute Gasteiger partial charge is 0.182 e. The van der Waals surface area contributed by atoms with Crippen LogP contribution in [0.2, 0.25) is 0 Å². The zero-order chi connectivity index (χ0) is 11.4. The maximum atomic E-state index is 8.83. The quantitative estimate of drug-likeness (QED) is 0.713. The SMILES string of the molecule is CC(=CCNc1ncnc2nc[nH]c12)CO.Cl. The maximum Gasteiger partial charge on any atom is 0.182 e. The number of imidazole rings is 1. The van der Waals surface area contributed by atoms with Gasteiger partial charge in [-0.2, -0.15) is 0 Å². The minimum atomic E-state index is 0. The van der Waals surface area contributed by atoms with Gasteiger partial charge < -0.3 is 15.4 Å². The van der Waals surface area contributed by atoms with Gasteiger partial charge in [0.1, 0.15) is 11.8 Å². The molecule has 0 aromatic carbocycles. The van der Waals surface area contributed by atoms with Crippen LogP contribution in [0, 0.1) is 0 Å². The van der Waals surface area contributed by atoms with Gasteiger partial charge in [-0.3, -0.25) is 0 Å². The van der Waals surface area contributed by atoms with Crippen LogP contribution in [0.4, 0.5) is 5.82 Å². The highest BCUT2D eigenvalue weighted by Crippen LogP contribution is 2.13. The van der Waals surface area contributed by atoms with Gasteiger partial charge >= 0.3 is 0 Å². The average Bonchev–Trinajstić information content (AvgIpc) is 2.77. The summed E-state index contributed by atoms with van der Waals surface area (Å²) in [5.74, 6) is 0.712. The molecule has 92 valence electrons. The third kappa shape index (κ3) is 3.15. The van der Waals surface area contributed by atoms with Crippen molar-refractivity contribution in [1.82, 2.24) is 19.9 Å². The fraction of sp³-hybridized carbons (Fsp3) is 0.300. The summed E-state index contributed by atoms with van der Waals surface area (Å²) < 4.78 is 0. The molecule has 3 N–H and O–H groups in total. The Morgan fingerprint density at radius 1 is 1.47 bits per heavy atom. The van der Waals surface area contributed by atoms with Crippen molar-refractivity contribution < 1.29 is 5.11 Å². The number of hydrogen-bond donors (Lipinski definition) is 3. The third-order valence-electron chi connectivity index (χ3n) is 2.19. The van der Waals surface area contributed by atoms with Gasteiger partial charge in [0.25, 0.3) is 0 Å². The number of fused-ring (bicyclic) bond motifs is 1. The number of aliphatic hydroxyl groups is 1. The van der Waals surface area contributed by atoms with E-state index in [4.69, 9.17) is 5.11 Å². The normalized spacial score (nSPS) is 11.3. The van der Waals surface area contributed by atoms with Crippen LogP contribution >= 0.6 is 12.4 Å². The summed E-state index contributed by atoms with van der Waals surface area (Å²) in [6, 6.07) is 0. The van der Waals surface area contributed by atoms with Crippen LogP contribution in [0.3, 0.4) is 0 Å². The Balaban J connectivity index is 0.00000144. The summed E-state index contributed by atoms with van der Waals surface area (Å²) in [6.07, 6.45) is 4.96. The van der Waals surface area contributed by atoms with E-state index in [0.29, 0.717) is 18.0 Å². The molecule has 2 rings (SSSR count). The number of nitrogens with zero attached hydrogens (tertiary/aromatic N) is 3. The van der Waals surface area contributed by atoms with Crippen molar-refractivity contribution in [2.24, 2.45) is 0 Å². The zero-order valence-electron chi connectivity index (χ0n) is 9.34. The maximum absolute atomic E-state index is 8.83. The van der Waals surface area contributed by atoms with Crippen molar-refractivity contribution in [1.29, 1.82) is 0 Å². The first-order valence-corrected chi connectivity index (χ1v) is 4.95. The molecule has 0 saturated carbocycles. The molecular formula is C10H14ClN5O. The second-order valence-electron chi connectivity index (χ2n) is 3.41. The highest BCUT2D eigenvalue weighted by atomic mass is 35.5. The predicted molar refractivity (Wildman–Crippen MR) is 68.3 cm³/mol. The minimum Gasteiger partial charge on any atom is -0.392 e. The average molecular weight is 256 g/mol. The Morgan fingerprint density at radius 2 is 2.29 bits per heavy atom. The summed E-state index contributed by atoms with van der Waals surface area (Å²) in [7, 11) is 0. The largest absolute Gasteiger partial charge is 0.392 e. The van der Waals surface area contributed by atoms with Gasteiger partial charge in [-0.1, -0.05) is 11.6 Å². The van der Waals surface area contributed by atoms with E-state index >= 15 is 0 Å². The van der Waals surface area contributed by atoms with E-state index in [-0.39, 0.29) is 19.0 Å². The number of H-pyrrole nitrogens is 1. The van der Waals surface area contributed by atoms with Crippen LogP contribution in [0.5, 0.6) is 0 Å². The van der Waals surface area contributed by atoms with Crippen molar-refractivity contribution in [3.63, 3.8) is 0 Å². The van der Waals surface area contributed by atoms with Crippen LogP contribution < -0.4 is 5.32 Å². The second kappa shape index (κ2) is 6.17. The summed E-state index contributed by atoms with van der Waals surface area (Å²) in [4.78, 5) is 15.1. The van der Waals surface area contributed by atoms with Crippen molar-refractivity contribution in [3.05, 3.63) is 24.3 Å². The van der Waals surface area contributed by atoms with E-state index in [9.17, 15) is 0 Å². The fourth-order valence-electron chi connectivity index (χ4n) is 1.29. The van der Waals surface area contributed by atoms with Gasteiger partial charge in [0.05, 0.1) is 12.9 Å². The van der Waals surface area contributed by atoms with Gasteiger partial charge in [-0.05, 0) is 6.92 Å². The Morgan fingerprint density at radius 3 is 3.06 bits per heavy atom. The molecule has 2 aromatic heterocycles. The molecule has 0 amide bonds. The van der Waals surface area contributed by atoms with Gasteiger partial charge in [0.2, 0.25) is 0 Å². The first kappa shape index (κ1) is 13.4.